The van der Waals surface area contributed by atoms with Crippen LogP contribution >= 0.6 is 0 Å². The molecule has 0 bridgehead atoms. The number of unbranched alkanes of at least 4 members (excludes halogenated alkanes) is 20. The Kier molecular flexibility index (Phi) is 34.3. The van der Waals surface area contributed by atoms with E-state index in [0.29, 0.717) is 12.8 Å². The molecule has 0 aromatic carbocycles. The fourth-order valence-electron chi connectivity index (χ4n) is 6.36. The van der Waals surface area contributed by atoms with Crippen LogP contribution in [0.3, 0.4) is 0 Å². The molecule has 0 aromatic rings. The molecule has 0 heterocycles. The van der Waals surface area contributed by atoms with Gasteiger partial charge in [0.05, 0.1) is 12.2 Å². The molecule has 274 valence electrons. The van der Waals surface area contributed by atoms with Crippen molar-refractivity contribution in [2.45, 2.75) is 245 Å². The molecule has 2 amide bonds. The second-order valence-corrected chi connectivity index (χ2v) is 14.2. The van der Waals surface area contributed by atoms with Gasteiger partial charge in [-0.25, -0.2) is 0 Å². The molecule has 2 atom stereocenters. The number of carbonyl (C=O) groups excluding carboxylic acids is 2. The molecule has 0 aliphatic heterocycles. The summed E-state index contributed by atoms with van der Waals surface area (Å²) in [6.07, 6.45) is 34.4. The normalized spacial score (nSPS) is 13.4. The van der Waals surface area contributed by atoms with E-state index in [-0.39, 0.29) is 30.2 Å². The fraction of sp³-hybridized carbons (Fsp3) is 0.950. The van der Waals surface area contributed by atoms with E-state index in [2.05, 4.69) is 31.4 Å². The van der Waals surface area contributed by atoms with E-state index >= 15 is 0 Å². The van der Waals surface area contributed by atoms with E-state index in [1.165, 1.54) is 103 Å². The van der Waals surface area contributed by atoms with Crippen LogP contribution in [0.25, 0.3) is 0 Å². The first-order valence-corrected chi connectivity index (χ1v) is 20.4. The van der Waals surface area contributed by atoms with Crippen molar-refractivity contribution in [3.05, 3.63) is 0 Å². The smallest absolute Gasteiger partial charge is 0.221 e. The molecule has 0 saturated carbocycles. The third kappa shape index (κ3) is 32.8. The van der Waals surface area contributed by atoms with Crippen molar-refractivity contribution in [3.63, 3.8) is 0 Å². The van der Waals surface area contributed by atoms with Crippen LogP contribution in [0, 0.1) is 0 Å². The van der Waals surface area contributed by atoms with Crippen LogP contribution < -0.4 is 10.6 Å². The molecule has 0 saturated heterocycles. The van der Waals surface area contributed by atoms with Crippen molar-refractivity contribution >= 4 is 11.8 Å². The highest BCUT2D eigenvalue weighted by atomic mass is 16.3. The predicted octanol–water partition coefficient (Wildman–Crippen LogP) is 10.8. The number of amides is 2. The number of aliphatic hydroxyl groups excluding tert-OH is 2. The van der Waals surface area contributed by atoms with Crippen LogP contribution in [0.1, 0.15) is 226 Å². The maximum atomic E-state index is 12.5. The van der Waals surface area contributed by atoms with Gasteiger partial charge in [0.1, 0.15) is 6.17 Å². The largest absolute Gasteiger partial charge is 0.393 e. The predicted molar refractivity (Wildman–Crippen MR) is 197 cm³/mol. The number of carbonyl (C=O) groups is 2. The van der Waals surface area contributed by atoms with Crippen LogP contribution in [-0.4, -0.2) is 40.4 Å². The highest BCUT2D eigenvalue weighted by molar-refractivity contribution is 5.79. The van der Waals surface area contributed by atoms with Crippen LogP contribution in [0.2, 0.25) is 0 Å². The maximum absolute atomic E-state index is 12.5. The number of aliphatic hydroxyl groups is 2. The zero-order valence-electron chi connectivity index (χ0n) is 31.1. The molecule has 0 radical (unpaired) electrons. The van der Waals surface area contributed by atoms with Crippen molar-refractivity contribution in [1.82, 2.24) is 10.6 Å². The highest BCUT2D eigenvalue weighted by Crippen LogP contribution is 2.16. The molecule has 6 nitrogen and oxygen atoms in total. The maximum Gasteiger partial charge on any atom is 0.221 e. The molecule has 0 aromatic heterocycles. The summed E-state index contributed by atoms with van der Waals surface area (Å²) in [4.78, 5) is 25.0. The van der Waals surface area contributed by atoms with Crippen molar-refractivity contribution in [2.75, 3.05) is 0 Å². The lowest BCUT2D eigenvalue weighted by Crippen LogP contribution is -2.47. The summed E-state index contributed by atoms with van der Waals surface area (Å²) in [5.74, 6) is 0.0990. The van der Waals surface area contributed by atoms with Crippen LogP contribution in [0.4, 0.5) is 0 Å². The lowest BCUT2D eigenvalue weighted by atomic mass is 10.0. The van der Waals surface area contributed by atoms with E-state index in [9.17, 15) is 19.8 Å². The third-order valence-electron chi connectivity index (χ3n) is 9.41. The van der Waals surface area contributed by atoms with Gasteiger partial charge in [0.2, 0.25) is 11.8 Å². The molecule has 0 aliphatic rings. The average Bonchev–Trinajstić information content (AvgIpc) is 3.03. The second-order valence-electron chi connectivity index (χ2n) is 14.2. The monoisotopic (exact) mass is 653 g/mol. The van der Waals surface area contributed by atoms with E-state index in [0.717, 1.165) is 89.9 Å². The van der Waals surface area contributed by atoms with Crippen LogP contribution in [-0.2, 0) is 9.59 Å². The summed E-state index contributed by atoms with van der Waals surface area (Å²) in [5.41, 5.74) is 0. The van der Waals surface area contributed by atoms with Gasteiger partial charge in [-0.15, -0.1) is 0 Å². The summed E-state index contributed by atoms with van der Waals surface area (Å²) in [7, 11) is 0. The average molecular weight is 653 g/mol. The van der Waals surface area contributed by atoms with Crippen molar-refractivity contribution in [2.24, 2.45) is 0 Å². The fourth-order valence-corrected chi connectivity index (χ4v) is 6.36. The minimum atomic E-state index is -0.255. The molecule has 0 rings (SSSR count). The van der Waals surface area contributed by atoms with Crippen molar-refractivity contribution in [1.29, 1.82) is 0 Å². The zero-order valence-corrected chi connectivity index (χ0v) is 31.1. The van der Waals surface area contributed by atoms with Gasteiger partial charge in [-0.2, -0.15) is 0 Å². The SMILES string of the molecule is CCCCCCC(O)CCCCCCCCCCC(=O)NC(CCC)NC(=O)CCCCCCCCCCC(O)CCCCCC. The van der Waals surface area contributed by atoms with Gasteiger partial charge in [-0.05, 0) is 44.9 Å². The Balaban J connectivity index is 3.70. The zero-order chi connectivity index (χ0) is 33.9. The molecule has 0 spiro atoms. The van der Waals surface area contributed by atoms with Crippen LogP contribution in [0.15, 0.2) is 0 Å². The van der Waals surface area contributed by atoms with Crippen molar-refractivity contribution < 1.29 is 19.8 Å². The van der Waals surface area contributed by atoms with E-state index in [1.54, 1.807) is 0 Å². The molecule has 6 heteroatoms. The topological polar surface area (TPSA) is 98.7 Å². The lowest BCUT2D eigenvalue weighted by molar-refractivity contribution is -0.124. The first-order chi connectivity index (χ1) is 22.4. The van der Waals surface area contributed by atoms with E-state index in [1.807, 2.05) is 0 Å². The molecular weight excluding hydrogens is 572 g/mol. The Bertz CT molecular complexity index is 607. The summed E-state index contributed by atoms with van der Waals surface area (Å²) in [6, 6.07) is 0. The van der Waals surface area contributed by atoms with E-state index < -0.39 is 0 Å². The third-order valence-corrected chi connectivity index (χ3v) is 9.41. The molecule has 0 aliphatic carbocycles. The van der Waals surface area contributed by atoms with Gasteiger partial charge < -0.3 is 20.8 Å². The van der Waals surface area contributed by atoms with Gasteiger partial charge in [0, 0.05) is 12.8 Å². The van der Waals surface area contributed by atoms with E-state index in [4.69, 9.17) is 0 Å². The minimum absolute atomic E-state index is 0.0495. The van der Waals surface area contributed by atoms with Crippen LogP contribution in [0.5, 0.6) is 0 Å². The number of hydrogen-bond acceptors (Lipinski definition) is 4. The van der Waals surface area contributed by atoms with Crippen molar-refractivity contribution in [3.8, 4) is 0 Å². The second kappa shape index (κ2) is 35.2. The molecule has 4 N–H and O–H groups in total. The summed E-state index contributed by atoms with van der Waals surface area (Å²) < 4.78 is 0. The lowest BCUT2D eigenvalue weighted by Gasteiger charge is -2.20. The minimum Gasteiger partial charge on any atom is -0.393 e. The molecule has 0 fully saturated rings. The molecular formula is C40H80N2O4. The summed E-state index contributed by atoms with van der Waals surface area (Å²) in [6.45, 7) is 6.52. The van der Waals surface area contributed by atoms with Gasteiger partial charge in [0.25, 0.3) is 0 Å². The van der Waals surface area contributed by atoms with Gasteiger partial charge in [-0.3, -0.25) is 9.59 Å². The highest BCUT2D eigenvalue weighted by Gasteiger charge is 2.14. The Hall–Kier alpha value is -1.14. The number of hydrogen-bond donors (Lipinski definition) is 4. The van der Waals surface area contributed by atoms with Gasteiger partial charge >= 0.3 is 0 Å². The van der Waals surface area contributed by atoms with Gasteiger partial charge in [-0.1, -0.05) is 168 Å². The standard InChI is InChI=1S/C40H80N2O4/c1-4-7-9-23-30-36(43)32-25-19-15-11-13-17-21-27-34-39(45)41-38(29-6-3)42-40(46)35-28-22-18-14-12-16-20-26-33-37(44)31-24-10-8-5-2/h36-38,43-44H,4-35H2,1-3H3,(H,41,45)(H,42,46). The Morgan fingerprint density at radius 3 is 0.978 bits per heavy atom. The Labute approximate surface area is 286 Å². The Morgan fingerprint density at radius 2 is 0.674 bits per heavy atom. The first-order valence-electron chi connectivity index (χ1n) is 20.4. The number of nitrogens with one attached hydrogen (secondary N) is 2. The first kappa shape index (κ1) is 44.9. The summed E-state index contributed by atoms with van der Waals surface area (Å²) in [5, 5.41) is 26.3. The molecule has 2 unspecified atom stereocenters. The quantitative estimate of drug-likeness (QED) is 0.0400. The Morgan fingerprint density at radius 1 is 0.391 bits per heavy atom. The van der Waals surface area contributed by atoms with Gasteiger partial charge in [0.15, 0.2) is 0 Å². The summed E-state index contributed by atoms with van der Waals surface area (Å²) >= 11 is 0. The number of rotatable bonds is 36. The molecule has 46 heavy (non-hydrogen) atoms.